The molecule has 0 aromatic heterocycles. The van der Waals surface area contributed by atoms with Gasteiger partial charge < -0.3 is 0 Å². The Balaban J connectivity index is 1.61. The SMILES string of the molecule is O=S(=O)(c1ccc2c(c1)CCC2)N1CC2(CCCC2)c2ccccc21. The van der Waals surface area contributed by atoms with E-state index in [1.165, 1.54) is 29.5 Å². The van der Waals surface area contributed by atoms with E-state index in [4.69, 9.17) is 0 Å². The standard InChI is InChI=1S/C21H23NO2S/c23-25(24,18-11-10-16-6-5-7-17(16)14-18)22-15-21(12-3-4-13-21)19-8-1-2-9-20(19)22/h1-2,8-11,14H,3-7,12-13,15H2. The van der Waals surface area contributed by atoms with Crippen LogP contribution in [0.15, 0.2) is 47.4 Å². The molecule has 25 heavy (non-hydrogen) atoms. The lowest BCUT2D eigenvalue weighted by molar-refractivity contribution is 0.477. The minimum atomic E-state index is -3.50. The Hall–Kier alpha value is -1.81. The van der Waals surface area contributed by atoms with Crippen LogP contribution in [0.3, 0.4) is 0 Å². The highest BCUT2D eigenvalue weighted by atomic mass is 32.2. The predicted octanol–water partition coefficient (Wildman–Crippen LogP) is 4.20. The molecule has 1 fully saturated rings. The van der Waals surface area contributed by atoms with Crippen molar-refractivity contribution in [1.29, 1.82) is 0 Å². The zero-order valence-electron chi connectivity index (χ0n) is 14.4. The molecule has 2 aromatic carbocycles. The first kappa shape index (κ1) is 15.4. The van der Waals surface area contributed by atoms with Gasteiger partial charge in [-0.3, -0.25) is 4.31 Å². The average Bonchev–Trinajstić information content (AvgIpc) is 3.35. The van der Waals surface area contributed by atoms with Crippen molar-refractivity contribution in [2.75, 3.05) is 10.8 Å². The summed E-state index contributed by atoms with van der Waals surface area (Å²) in [6.07, 6.45) is 7.79. The van der Waals surface area contributed by atoms with Gasteiger partial charge in [0.2, 0.25) is 0 Å². The fraction of sp³-hybridized carbons (Fsp3) is 0.429. The lowest BCUT2D eigenvalue weighted by atomic mass is 9.81. The Morgan fingerprint density at radius 1 is 0.880 bits per heavy atom. The second kappa shape index (κ2) is 5.34. The van der Waals surface area contributed by atoms with E-state index in [9.17, 15) is 8.42 Å². The number of hydrogen-bond donors (Lipinski definition) is 0. The first-order valence-electron chi connectivity index (χ1n) is 9.34. The third-order valence-corrected chi connectivity index (χ3v) is 8.16. The summed E-state index contributed by atoms with van der Waals surface area (Å²) < 4.78 is 28.6. The van der Waals surface area contributed by atoms with Gasteiger partial charge in [0, 0.05) is 12.0 Å². The molecular weight excluding hydrogens is 330 g/mol. The van der Waals surface area contributed by atoms with Crippen molar-refractivity contribution in [3.63, 3.8) is 0 Å². The number of anilines is 1. The molecular formula is C21H23NO2S. The molecule has 4 heteroatoms. The number of benzene rings is 2. The Morgan fingerprint density at radius 3 is 2.48 bits per heavy atom. The molecule has 130 valence electrons. The number of aryl methyl sites for hydroxylation is 2. The summed E-state index contributed by atoms with van der Waals surface area (Å²) in [6.45, 7) is 0.603. The second-order valence-corrected chi connectivity index (χ2v) is 9.66. The lowest BCUT2D eigenvalue weighted by Gasteiger charge is -2.25. The van der Waals surface area contributed by atoms with Gasteiger partial charge in [0.15, 0.2) is 0 Å². The summed E-state index contributed by atoms with van der Waals surface area (Å²) >= 11 is 0. The third kappa shape index (κ3) is 2.20. The molecule has 0 unspecified atom stereocenters. The van der Waals surface area contributed by atoms with Crippen molar-refractivity contribution in [3.8, 4) is 0 Å². The van der Waals surface area contributed by atoms with Crippen LogP contribution in [0.4, 0.5) is 5.69 Å². The van der Waals surface area contributed by atoms with Crippen LogP contribution >= 0.6 is 0 Å². The predicted molar refractivity (Wildman–Crippen MR) is 99.6 cm³/mol. The summed E-state index contributed by atoms with van der Waals surface area (Å²) in [6, 6.07) is 13.9. The zero-order chi connectivity index (χ0) is 17.1. The van der Waals surface area contributed by atoms with Crippen LogP contribution in [0.2, 0.25) is 0 Å². The lowest BCUT2D eigenvalue weighted by Crippen LogP contribution is -2.35. The van der Waals surface area contributed by atoms with Gasteiger partial charge in [0.05, 0.1) is 10.6 Å². The second-order valence-electron chi connectivity index (χ2n) is 7.80. The first-order chi connectivity index (χ1) is 12.1. The van der Waals surface area contributed by atoms with E-state index in [0.29, 0.717) is 11.4 Å². The van der Waals surface area contributed by atoms with Gasteiger partial charge in [-0.25, -0.2) is 8.42 Å². The monoisotopic (exact) mass is 353 g/mol. The Labute approximate surface area is 149 Å². The minimum absolute atomic E-state index is 0.0282. The number of hydrogen-bond acceptors (Lipinski definition) is 2. The molecule has 1 saturated carbocycles. The summed E-state index contributed by atoms with van der Waals surface area (Å²) in [7, 11) is -3.50. The summed E-state index contributed by atoms with van der Waals surface area (Å²) in [4.78, 5) is 0.456. The van der Waals surface area contributed by atoms with Gasteiger partial charge in [-0.05, 0) is 67.0 Å². The van der Waals surface area contributed by atoms with E-state index >= 15 is 0 Å². The van der Waals surface area contributed by atoms with Crippen LogP contribution < -0.4 is 4.31 Å². The highest BCUT2D eigenvalue weighted by molar-refractivity contribution is 7.92. The number of fused-ring (bicyclic) bond motifs is 3. The topological polar surface area (TPSA) is 37.4 Å². The van der Waals surface area contributed by atoms with Crippen molar-refractivity contribution >= 4 is 15.7 Å². The van der Waals surface area contributed by atoms with Crippen molar-refractivity contribution in [2.45, 2.75) is 55.3 Å². The van der Waals surface area contributed by atoms with Crippen LogP contribution in [0, 0.1) is 0 Å². The summed E-state index contributed by atoms with van der Waals surface area (Å²) in [5, 5.41) is 0. The molecule has 1 aliphatic heterocycles. The van der Waals surface area contributed by atoms with Gasteiger partial charge >= 0.3 is 0 Å². The van der Waals surface area contributed by atoms with E-state index in [2.05, 4.69) is 6.07 Å². The Kier molecular flexibility index (Phi) is 3.30. The maximum absolute atomic E-state index is 13.5. The number of nitrogens with zero attached hydrogens (tertiary/aromatic N) is 1. The molecule has 0 saturated heterocycles. The fourth-order valence-electron chi connectivity index (χ4n) is 5.11. The maximum atomic E-state index is 13.5. The maximum Gasteiger partial charge on any atom is 0.264 e. The van der Waals surface area contributed by atoms with E-state index in [-0.39, 0.29) is 5.41 Å². The number of sulfonamides is 1. The highest BCUT2D eigenvalue weighted by Crippen LogP contribution is 2.51. The van der Waals surface area contributed by atoms with Gasteiger partial charge in [-0.2, -0.15) is 0 Å². The molecule has 5 rings (SSSR count). The Morgan fingerprint density at radius 2 is 1.64 bits per heavy atom. The number of para-hydroxylation sites is 1. The summed E-state index contributed by atoms with van der Waals surface area (Å²) in [5.41, 5.74) is 4.68. The quantitative estimate of drug-likeness (QED) is 0.811. The smallest absolute Gasteiger partial charge is 0.264 e. The van der Waals surface area contributed by atoms with E-state index < -0.39 is 10.0 Å². The molecule has 0 radical (unpaired) electrons. The van der Waals surface area contributed by atoms with E-state index in [1.54, 1.807) is 4.31 Å². The fourth-order valence-corrected chi connectivity index (χ4v) is 6.74. The zero-order valence-corrected chi connectivity index (χ0v) is 15.2. The highest BCUT2D eigenvalue weighted by Gasteiger charge is 2.48. The van der Waals surface area contributed by atoms with Crippen molar-refractivity contribution in [1.82, 2.24) is 0 Å². The molecule has 2 aromatic rings. The van der Waals surface area contributed by atoms with Gasteiger partial charge in [-0.1, -0.05) is 37.1 Å². The van der Waals surface area contributed by atoms with Gasteiger partial charge in [-0.15, -0.1) is 0 Å². The molecule has 1 spiro atoms. The van der Waals surface area contributed by atoms with Gasteiger partial charge in [0.25, 0.3) is 10.0 Å². The van der Waals surface area contributed by atoms with Crippen LogP contribution in [-0.2, 0) is 28.3 Å². The number of rotatable bonds is 2. The molecule has 2 aliphatic carbocycles. The normalized spacial score (nSPS) is 20.9. The molecule has 1 heterocycles. The van der Waals surface area contributed by atoms with Gasteiger partial charge in [0.1, 0.15) is 0 Å². The Bertz CT molecular complexity index is 942. The first-order valence-corrected chi connectivity index (χ1v) is 10.8. The van der Waals surface area contributed by atoms with Crippen molar-refractivity contribution in [3.05, 3.63) is 59.2 Å². The average molecular weight is 353 g/mol. The van der Waals surface area contributed by atoms with Crippen LogP contribution in [0.1, 0.15) is 48.8 Å². The van der Waals surface area contributed by atoms with E-state index in [0.717, 1.165) is 37.8 Å². The third-order valence-electron chi connectivity index (χ3n) is 6.41. The van der Waals surface area contributed by atoms with Crippen LogP contribution in [-0.4, -0.2) is 15.0 Å². The molecule has 3 nitrogen and oxygen atoms in total. The summed E-state index contributed by atoms with van der Waals surface area (Å²) in [5.74, 6) is 0. The molecule has 0 bridgehead atoms. The largest absolute Gasteiger partial charge is 0.265 e. The molecule has 0 amide bonds. The van der Waals surface area contributed by atoms with Crippen molar-refractivity contribution in [2.24, 2.45) is 0 Å². The van der Waals surface area contributed by atoms with Crippen LogP contribution in [0.5, 0.6) is 0 Å². The van der Waals surface area contributed by atoms with Crippen molar-refractivity contribution < 1.29 is 8.42 Å². The van der Waals surface area contributed by atoms with Crippen LogP contribution in [0.25, 0.3) is 0 Å². The molecule has 3 aliphatic rings. The molecule has 0 N–H and O–H groups in total. The van der Waals surface area contributed by atoms with E-state index in [1.807, 2.05) is 36.4 Å². The minimum Gasteiger partial charge on any atom is -0.265 e. The molecule has 0 atom stereocenters.